The fraction of sp³-hybridized carbons (Fsp3) is 0.889. The third kappa shape index (κ3) is 2.73. The van der Waals surface area contributed by atoms with Crippen molar-refractivity contribution >= 4 is 14.0 Å². The van der Waals surface area contributed by atoms with Gasteiger partial charge in [0.15, 0.2) is 6.29 Å². The van der Waals surface area contributed by atoms with E-state index >= 15 is 0 Å². The molecule has 0 bridgehead atoms. The van der Waals surface area contributed by atoms with E-state index in [0.717, 1.165) is 0 Å². The van der Waals surface area contributed by atoms with E-state index in [4.69, 9.17) is 22.2 Å². The minimum Gasteiger partial charge on any atom is -0.440 e. The lowest BCUT2D eigenvalue weighted by Crippen LogP contribution is -2.63. The molecule has 7 heteroatoms. The quantitative estimate of drug-likeness (QED) is 0.589. The van der Waals surface area contributed by atoms with Gasteiger partial charge in [0.2, 0.25) is 5.91 Å². The fourth-order valence-corrected chi connectivity index (χ4v) is 1.76. The predicted molar refractivity (Wildman–Crippen MR) is 55.6 cm³/mol. The zero-order valence-corrected chi connectivity index (χ0v) is 9.54. The van der Waals surface area contributed by atoms with Gasteiger partial charge >= 0.3 is 0 Å². The Bertz CT molecular complexity index is 252. The van der Waals surface area contributed by atoms with Crippen molar-refractivity contribution in [3.05, 3.63) is 0 Å². The van der Waals surface area contributed by atoms with Crippen molar-refractivity contribution in [3.63, 3.8) is 0 Å². The van der Waals surface area contributed by atoms with E-state index in [1.807, 2.05) is 0 Å². The number of aliphatic hydroxyl groups excluding tert-OH is 1. The van der Waals surface area contributed by atoms with Crippen molar-refractivity contribution in [2.45, 2.75) is 44.5 Å². The van der Waals surface area contributed by atoms with Gasteiger partial charge in [-0.2, -0.15) is 0 Å². The van der Waals surface area contributed by atoms with Crippen molar-refractivity contribution in [3.8, 4) is 0 Å². The minimum absolute atomic E-state index is 0.278. The molecule has 5 atom stereocenters. The minimum atomic E-state index is -0.923. The molecule has 1 saturated heterocycles. The van der Waals surface area contributed by atoms with Gasteiger partial charge in [0.05, 0.1) is 12.2 Å². The molecule has 0 aromatic rings. The van der Waals surface area contributed by atoms with Gasteiger partial charge in [0.1, 0.15) is 12.1 Å². The van der Waals surface area contributed by atoms with E-state index in [2.05, 4.69) is 5.32 Å². The molecule has 16 heavy (non-hydrogen) atoms. The first kappa shape index (κ1) is 13.4. The molecule has 5 unspecified atom stereocenters. The zero-order chi connectivity index (χ0) is 12.3. The molecule has 0 aliphatic carbocycles. The molecule has 2 N–H and O–H groups in total. The molecule has 1 heterocycles. The van der Waals surface area contributed by atoms with Crippen LogP contribution in [0.25, 0.3) is 0 Å². The highest BCUT2D eigenvalue weighted by molar-refractivity contribution is 5.98. The van der Waals surface area contributed by atoms with E-state index in [1.54, 1.807) is 6.92 Å². The number of aliphatic hydroxyl groups is 1. The summed E-state index contributed by atoms with van der Waals surface area (Å²) in [4.78, 5) is 11.0. The lowest BCUT2D eigenvalue weighted by atomic mass is 9.96. The van der Waals surface area contributed by atoms with Crippen LogP contribution in [0, 0.1) is 0 Å². The maximum atomic E-state index is 11.0. The summed E-state index contributed by atoms with van der Waals surface area (Å²) in [5, 5.41) is 12.4. The molecule has 1 rings (SSSR count). The number of nitrogens with one attached hydrogen (secondary N) is 1. The number of carbonyl (C=O) groups excluding carboxylic acids is 1. The molecule has 1 aliphatic heterocycles. The van der Waals surface area contributed by atoms with Crippen LogP contribution in [-0.2, 0) is 18.9 Å². The molecule has 2 radical (unpaired) electrons. The predicted octanol–water partition coefficient (Wildman–Crippen LogP) is -1.29. The summed E-state index contributed by atoms with van der Waals surface area (Å²) in [5.74, 6) is -0.278. The molecule has 0 aromatic heterocycles. The van der Waals surface area contributed by atoms with Crippen LogP contribution in [0.5, 0.6) is 0 Å². The van der Waals surface area contributed by atoms with Gasteiger partial charge in [-0.05, 0) is 6.92 Å². The summed E-state index contributed by atoms with van der Waals surface area (Å²) in [5.41, 5.74) is 0. The summed E-state index contributed by atoms with van der Waals surface area (Å²) in [6.45, 7) is 3.03. The fourth-order valence-electron chi connectivity index (χ4n) is 1.76. The first-order valence-corrected chi connectivity index (χ1v) is 5.00. The molecule has 0 spiro atoms. The topological polar surface area (TPSA) is 77.0 Å². The highest BCUT2D eigenvalue weighted by atomic mass is 16.7. The molecule has 1 aliphatic rings. The van der Waals surface area contributed by atoms with Crippen LogP contribution in [0.2, 0.25) is 0 Å². The van der Waals surface area contributed by atoms with Crippen molar-refractivity contribution < 1.29 is 24.0 Å². The summed E-state index contributed by atoms with van der Waals surface area (Å²) in [7, 11) is 6.56. The van der Waals surface area contributed by atoms with Gasteiger partial charge in [-0.15, -0.1) is 0 Å². The van der Waals surface area contributed by atoms with Crippen LogP contribution in [0.3, 0.4) is 0 Å². The van der Waals surface area contributed by atoms with Gasteiger partial charge in [-0.25, -0.2) is 0 Å². The Balaban J connectivity index is 2.83. The Kier molecular flexibility index (Phi) is 4.73. The number of carbonyl (C=O) groups is 1. The summed E-state index contributed by atoms with van der Waals surface area (Å²) < 4.78 is 15.1. The zero-order valence-electron chi connectivity index (χ0n) is 9.54. The molecule has 90 valence electrons. The van der Waals surface area contributed by atoms with Gasteiger partial charge in [-0.1, -0.05) is 0 Å². The average Bonchev–Trinajstić information content (AvgIpc) is 2.23. The summed E-state index contributed by atoms with van der Waals surface area (Å²) in [6, 6.07) is -0.640. The number of methoxy groups -OCH3 is 1. The highest BCUT2D eigenvalue weighted by Crippen LogP contribution is 2.23. The number of hydrogen-bond acceptors (Lipinski definition) is 5. The van der Waals surface area contributed by atoms with Gasteiger partial charge < -0.3 is 24.6 Å². The number of hydrogen-bond donors (Lipinski definition) is 2. The molecule has 1 amide bonds. The van der Waals surface area contributed by atoms with E-state index in [0.29, 0.717) is 0 Å². The Labute approximate surface area is 95.7 Å². The van der Waals surface area contributed by atoms with Crippen molar-refractivity contribution in [2.24, 2.45) is 0 Å². The van der Waals surface area contributed by atoms with Crippen LogP contribution in [0.4, 0.5) is 0 Å². The van der Waals surface area contributed by atoms with Crippen LogP contribution in [0.15, 0.2) is 0 Å². The molecular weight excluding hydrogens is 213 g/mol. The van der Waals surface area contributed by atoms with Gasteiger partial charge in [-0.3, -0.25) is 4.79 Å². The monoisotopic (exact) mass is 229 g/mol. The highest BCUT2D eigenvalue weighted by Gasteiger charge is 2.44. The smallest absolute Gasteiger partial charge is 0.283 e. The molecule has 1 fully saturated rings. The van der Waals surface area contributed by atoms with Gasteiger partial charge in [0.25, 0.3) is 8.05 Å². The first-order chi connectivity index (χ1) is 7.51. The van der Waals surface area contributed by atoms with Gasteiger partial charge in [0, 0.05) is 14.0 Å². The molecule has 6 nitrogen and oxygen atoms in total. The van der Waals surface area contributed by atoms with Crippen LogP contribution < -0.4 is 5.32 Å². The number of rotatable bonds is 3. The molecular formula is C9H16BNO5. The Morgan fingerprint density at radius 1 is 1.56 bits per heavy atom. The van der Waals surface area contributed by atoms with Crippen molar-refractivity contribution in [1.82, 2.24) is 5.32 Å². The maximum Gasteiger partial charge on any atom is 0.283 e. The maximum absolute atomic E-state index is 11.0. The number of amides is 1. The Hall–Kier alpha value is -0.625. The Morgan fingerprint density at radius 3 is 2.62 bits per heavy atom. The van der Waals surface area contributed by atoms with Crippen LogP contribution in [0.1, 0.15) is 13.8 Å². The second kappa shape index (κ2) is 5.63. The normalized spacial score (nSPS) is 39.4. The third-order valence-electron chi connectivity index (χ3n) is 2.57. The van der Waals surface area contributed by atoms with Crippen molar-refractivity contribution in [1.29, 1.82) is 0 Å². The molecule has 0 saturated carbocycles. The van der Waals surface area contributed by atoms with Crippen molar-refractivity contribution in [2.75, 3.05) is 7.11 Å². The van der Waals surface area contributed by atoms with Crippen LogP contribution in [-0.4, -0.2) is 56.8 Å². The van der Waals surface area contributed by atoms with E-state index in [-0.39, 0.29) is 5.91 Å². The third-order valence-corrected chi connectivity index (χ3v) is 2.57. The largest absolute Gasteiger partial charge is 0.440 e. The second-order valence-corrected chi connectivity index (χ2v) is 3.76. The summed E-state index contributed by atoms with van der Waals surface area (Å²) >= 11 is 0. The average molecular weight is 229 g/mol. The lowest BCUT2D eigenvalue weighted by Gasteiger charge is -2.43. The van der Waals surface area contributed by atoms with E-state index < -0.39 is 30.6 Å². The first-order valence-electron chi connectivity index (χ1n) is 5.00. The summed E-state index contributed by atoms with van der Waals surface area (Å²) in [6.07, 6.45) is -2.87. The standard InChI is InChI=1S/C9H16BNO5/c1-4-7(13)8(16-10)6(11-5(2)12)9(14-3)15-4/h4,6-9,13H,1-3H3,(H,11,12). The Morgan fingerprint density at radius 2 is 2.19 bits per heavy atom. The van der Waals surface area contributed by atoms with E-state index in [9.17, 15) is 9.90 Å². The molecule has 0 aromatic carbocycles. The SMILES string of the molecule is [B]OC1C(O)C(C)OC(OC)C1NC(C)=O. The van der Waals surface area contributed by atoms with Crippen LogP contribution >= 0.6 is 0 Å². The lowest BCUT2D eigenvalue weighted by molar-refractivity contribution is -0.247. The van der Waals surface area contributed by atoms with E-state index in [1.165, 1.54) is 14.0 Å². The second-order valence-electron chi connectivity index (χ2n) is 3.76. The number of ether oxygens (including phenoxy) is 2.